The molecule has 1 aromatic heterocycles. The van der Waals surface area contributed by atoms with Crippen LogP contribution in [-0.2, 0) is 13.5 Å². The van der Waals surface area contributed by atoms with E-state index in [1.165, 1.54) is 0 Å². The molecule has 1 heterocycles. The van der Waals surface area contributed by atoms with Crippen molar-refractivity contribution in [3.8, 4) is 5.75 Å². The maximum absolute atomic E-state index is 5.42. The SMILES string of the molecule is COc1cnn(C)c1CCCN. The van der Waals surface area contributed by atoms with Crippen molar-refractivity contribution in [1.29, 1.82) is 0 Å². The average molecular weight is 169 g/mol. The van der Waals surface area contributed by atoms with Crippen LogP contribution >= 0.6 is 0 Å². The van der Waals surface area contributed by atoms with Crippen molar-refractivity contribution < 1.29 is 4.74 Å². The average Bonchev–Trinajstić information content (AvgIpc) is 2.43. The molecule has 0 aliphatic carbocycles. The second kappa shape index (κ2) is 4.11. The van der Waals surface area contributed by atoms with Gasteiger partial charge < -0.3 is 10.5 Å². The molecule has 0 aliphatic heterocycles. The predicted octanol–water partition coefficient (Wildman–Crippen LogP) is 0.320. The maximum atomic E-state index is 5.42. The van der Waals surface area contributed by atoms with Gasteiger partial charge in [0.2, 0.25) is 0 Å². The molecule has 0 aromatic carbocycles. The van der Waals surface area contributed by atoms with Gasteiger partial charge >= 0.3 is 0 Å². The number of aryl methyl sites for hydroxylation is 1. The van der Waals surface area contributed by atoms with E-state index in [1.54, 1.807) is 13.3 Å². The lowest BCUT2D eigenvalue weighted by Crippen LogP contribution is -2.05. The number of rotatable bonds is 4. The van der Waals surface area contributed by atoms with E-state index in [0.29, 0.717) is 6.54 Å². The van der Waals surface area contributed by atoms with E-state index in [4.69, 9.17) is 10.5 Å². The first-order chi connectivity index (χ1) is 5.79. The molecule has 0 bridgehead atoms. The minimum absolute atomic E-state index is 0.703. The van der Waals surface area contributed by atoms with Crippen molar-refractivity contribution in [1.82, 2.24) is 9.78 Å². The minimum Gasteiger partial charge on any atom is -0.493 e. The third kappa shape index (κ3) is 1.76. The van der Waals surface area contributed by atoms with Gasteiger partial charge in [-0.15, -0.1) is 0 Å². The van der Waals surface area contributed by atoms with E-state index in [9.17, 15) is 0 Å². The number of nitrogens with zero attached hydrogens (tertiary/aromatic N) is 2. The van der Waals surface area contributed by atoms with E-state index in [2.05, 4.69) is 5.10 Å². The first-order valence-electron chi connectivity index (χ1n) is 4.04. The molecule has 0 unspecified atom stereocenters. The molecule has 0 radical (unpaired) electrons. The highest BCUT2D eigenvalue weighted by atomic mass is 16.5. The number of hydrogen-bond donors (Lipinski definition) is 1. The standard InChI is InChI=1S/C8H15N3O/c1-11-7(4-3-5-9)8(12-2)6-10-11/h6H,3-5,9H2,1-2H3. The molecule has 0 amide bonds. The Morgan fingerprint density at radius 2 is 2.42 bits per heavy atom. The Morgan fingerprint density at radius 1 is 1.67 bits per heavy atom. The molecule has 68 valence electrons. The zero-order chi connectivity index (χ0) is 8.97. The Bertz CT molecular complexity index is 244. The van der Waals surface area contributed by atoms with Gasteiger partial charge in [0.1, 0.15) is 0 Å². The van der Waals surface area contributed by atoms with Crippen molar-refractivity contribution in [2.24, 2.45) is 12.8 Å². The molecule has 0 saturated carbocycles. The van der Waals surface area contributed by atoms with Crippen LogP contribution in [0.2, 0.25) is 0 Å². The van der Waals surface area contributed by atoms with Crippen LogP contribution in [0.1, 0.15) is 12.1 Å². The molecule has 4 heteroatoms. The van der Waals surface area contributed by atoms with Gasteiger partial charge in [-0.25, -0.2) is 0 Å². The molecule has 0 fully saturated rings. The molecule has 4 nitrogen and oxygen atoms in total. The molecule has 1 rings (SSSR count). The Morgan fingerprint density at radius 3 is 3.00 bits per heavy atom. The summed E-state index contributed by atoms with van der Waals surface area (Å²) in [4.78, 5) is 0. The van der Waals surface area contributed by atoms with Gasteiger partial charge in [-0.2, -0.15) is 5.10 Å². The molecule has 12 heavy (non-hydrogen) atoms. The van der Waals surface area contributed by atoms with Crippen molar-refractivity contribution in [2.75, 3.05) is 13.7 Å². The molecule has 0 spiro atoms. The highest BCUT2D eigenvalue weighted by Gasteiger charge is 2.06. The molecule has 0 saturated heterocycles. The van der Waals surface area contributed by atoms with Crippen LogP contribution in [0.5, 0.6) is 5.75 Å². The second-order valence-corrected chi connectivity index (χ2v) is 2.68. The van der Waals surface area contributed by atoms with E-state index < -0.39 is 0 Å². The van der Waals surface area contributed by atoms with Crippen molar-refractivity contribution in [3.05, 3.63) is 11.9 Å². The monoisotopic (exact) mass is 169 g/mol. The predicted molar refractivity (Wildman–Crippen MR) is 47.1 cm³/mol. The van der Waals surface area contributed by atoms with Crippen LogP contribution in [0.15, 0.2) is 6.20 Å². The fraction of sp³-hybridized carbons (Fsp3) is 0.625. The quantitative estimate of drug-likeness (QED) is 0.706. The summed E-state index contributed by atoms with van der Waals surface area (Å²) in [6.45, 7) is 0.703. The van der Waals surface area contributed by atoms with Crippen LogP contribution in [0.4, 0.5) is 0 Å². The fourth-order valence-corrected chi connectivity index (χ4v) is 1.17. The summed E-state index contributed by atoms with van der Waals surface area (Å²) in [5.41, 5.74) is 6.53. The fourth-order valence-electron chi connectivity index (χ4n) is 1.17. The van der Waals surface area contributed by atoms with Gasteiger partial charge in [0, 0.05) is 7.05 Å². The lowest BCUT2D eigenvalue weighted by molar-refractivity contribution is 0.407. The van der Waals surface area contributed by atoms with Gasteiger partial charge in [0.05, 0.1) is 19.0 Å². The number of ether oxygens (including phenoxy) is 1. The Kier molecular flexibility index (Phi) is 3.10. The minimum atomic E-state index is 0.703. The topological polar surface area (TPSA) is 53.1 Å². The van der Waals surface area contributed by atoms with Gasteiger partial charge in [0.25, 0.3) is 0 Å². The lowest BCUT2D eigenvalue weighted by Gasteiger charge is -2.03. The van der Waals surface area contributed by atoms with Crippen molar-refractivity contribution in [2.45, 2.75) is 12.8 Å². The van der Waals surface area contributed by atoms with Crippen LogP contribution in [0.25, 0.3) is 0 Å². The molecule has 0 aliphatic rings. The number of nitrogens with two attached hydrogens (primary N) is 1. The van der Waals surface area contributed by atoms with E-state index in [1.807, 2.05) is 11.7 Å². The summed E-state index contributed by atoms with van der Waals surface area (Å²) in [5.74, 6) is 0.853. The van der Waals surface area contributed by atoms with E-state index in [0.717, 1.165) is 24.3 Å². The number of methoxy groups -OCH3 is 1. The largest absolute Gasteiger partial charge is 0.493 e. The molecular weight excluding hydrogens is 154 g/mol. The Labute approximate surface area is 72.3 Å². The highest BCUT2D eigenvalue weighted by molar-refractivity contribution is 5.24. The van der Waals surface area contributed by atoms with Crippen molar-refractivity contribution in [3.63, 3.8) is 0 Å². The Balaban J connectivity index is 2.72. The molecule has 0 atom stereocenters. The van der Waals surface area contributed by atoms with Crippen LogP contribution in [0, 0.1) is 0 Å². The molecule has 2 N–H and O–H groups in total. The summed E-state index contributed by atoms with van der Waals surface area (Å²) in [5, 5.41) is 4.09. The zero-order valence-electron chi connectivity index (χ0n) is 7.58. The zero-order valence-corrected chi connectivity index (χ0v) is 7.58. The summed E-state index contributed by atoms with van der Waals surface area (Å²) < 4.78 is 6.97. The van der Waals surface area contributed by atoms with Gasteiger partial charge in [-0.1, -0.05) is 0 Å². The first-order valence-corrected chi connectivity index (χ1v) is 4.04. The normalized spacial score (nSPS) is 10.2. The van der Waals surface area contributed by atoms with Gasteiger partial charge in [0.15, 0.2) is 5.75 Å². The second-order valence-electron chi connectivity index (χ2n) is 2.68. The molecule has 1 aromatic rings. The summed E-state index contributed by atoms with van der Waals surface area (Å²) in [6, 6.07) is 0. The van der Waals surface area contributed by atoms with E-state index >= 15 is 0 Å². The van der Waals surface area contributed by atoms with E-state index in [-0.39, 0.29) is 0 Å². The Hall–Kier alpha value is -1.03. The summed E-state index contributed by atoms with van der Waals surface area (Å²) in [7, 11) is 3.57. The van der Waals surface area contributed by atoms with Crippen LogP contribution < -0.4 is 10.5 Å². The van der Waals surface area contributed by atoms with Crippen LogP contribution in [-0.4, -0.2) is 23.4 Å². The van der Waals surface area contributed by atoms with Gasteiger partial charge in [-0.05, 0) is 19.4 Å². The summed E-state index contributed by atoms with van der Waals surface area (Å²) >= 11 is 0. The highest BCUT2D eigenvalue weighted by Crippen LogP contribution is 2.17. The smallest absolute Gasteiger partial charge is 0.159 e. The maximum Gasteiger partial charge on any atom is 0.159 e. The number of hydrogen-bond acceptors (Lipinski definition) is 3. The third-order valence-electron chi connectivity index (χ3n) is 1.86. The van der Waals surface area contributed by atoms with Crippen LogP contribution in [0.3, 0.4) is 0 Å². The van der Waals surface area contributed by atoms with Crippen molar-refractivity contribution >= 4 is 0 Å². The molecular formula is C8H15N3O. The number of aromatic nitrogens is 2. The lowest BCUT2D eigenvalue weighted by atomic mass is 10.2. The summed E-state index contributed by atoms with van der Waals surface area (Å²) in [6.07, 6.45) is 3.62. The van der Waals surface area contributed by atoms with Gasteiger partial charge in [-0.3, -0.25) is 4.68 Å². The first kappa shape index (κ1) is 9.06. The third-order valence-corrected chi connectivity index (χ3v) is 1.86.